The van der Waals surface area contributed by atoms with Crippen molar-refractivity contribution < 1.29 is 48.1 Å². The topological polar surface area (TPSA) is 126 Å². The van der Waals surface area contributed by atoms with Crippen molar-refractivity contribution in [3.8, 4) is 0 Å². The Kier molecular flexibility index (Phi) is 7580. The van der Waals surface area contributed by atoms with Crippen LogP contribution in [-0.4, -0.2) is 32.9 Å². The van der Waals surface area contributed by atoms with Gasteiger partial charge in [-0.15, -0.1) is 0 Å². The van der Waals surface area contributed by atoms with Crippen LogP contribution in [0.5, 0.6) is 0 Å². The first kappa shape index (κ1) is 277. The molecular formula is H8O4SiZr. The van der Waals surface area contributed by atoms with Crippen molar-refractivity contribution in [3.05, 3.63) is 0 Å². The molecule has 0 rings (SSSR count). The minimum atomic E-state index is 0. The van der Waals surface area contributed by atoms with Gasteiger partial charge in [0.1, 0.15) is 0 Å². The van der Waals surface area contributed by atoms with Gasteiger partial charge in [-0.3, -0.25) is 0 Å². The molecule has 0 heterocycles. The molecule has 0 unspecified atom stereocenters. The molecule has 4 nitrogen and oxygen atoms in total. The molecule has 0 aliphatic rings. The van der Waals surface area contributed by atoms with Gasteiger partial charge in [-0.05, 0) is 0 Å². The van der Waals surface area contributed by atoms with Crippen LogP contribution in [0.1, 0.15) is 0 Å². The maximum Gasteiger partial charge on any atom is 0 e. The summed E-state index contributed by atoms with van der Waals surface area (Å²) in [6, 6.07) is 0. The zero-order valence-electron chi connectivity index (χ0n) is 3.00. The van der Waals surface area contributed by atoms with E-state index in [1.807, 2.05) is 0 Å². The molecule has 0 saturated carbocycles. The summed E-state index contributed by atoms with van der Waals surface area (Å²) in [7, 11) is 0. The molecular weight excluding hydrogens is 183 g/mol. The summed E-state index contributed by atoms with van der Waals surface area (Å²) >= 11 is 0. The Morgan fingerprint density at radius 1 is 0.500 bits per heavy atom. The molecule has 4 radical (unpaired) electrons. The first-order chi connectivity index (χ1) is 0. The van der Waals surface area contributed by atoms with Crippen molar-refractivity contribution in [2.45, 2.75) is 0 Å². The SMILES string of the molecule is O.O.O.O.[Si].[Zr]. The van der Waals surface area contributed by atoms with Gasteiger partial charge in [0.2, 0.25) is 0 Å². The molecule has 0 atom stereocenters. The smallest absolute Gasteiger partial charge is 0 e. The molecule has 8 N–H and O–H groups in total. The van der Waals surface area contributed by atoms with Crippen LogP contribution in [0.2, 0.25) is 0 Å². The quantitative estimate of drug-likeness (QED) is 0.350. The zero-order valence-corrected chi connectivity index (χ0v) is 6.46. The predicted molar refractivity (Wildman–Crippen MR) is 20.2 cm³/mol. The van der Waals surface area contributed by atoms with Crippen LogP contribution >= 0.6 is 0 Å². The fraction of sp³-hybridized carbons (Fsp3) is 0. The molecule has 40 valence electrons. The van der Waals surface area contributed by atoms with E-state index in [9.17, 15) is 0 Å². The van der Waals surface area contributed by atoms with Crippen LogP contribution in [0, 0.1) is 0 Å². The third kappa shape index (κ3) is 86.8. The molecule has 0 aliphatic heterocycles. The van der Waals surface area contributed by atoms with E-state index in [1.165, 1.54) is 0 Å². The maximum absolute atomic E-state index is 0. The van der Waals surface area contributed by atoms with Crippen LogP contribution < -0.4 is 0 Å². The van der Waals surface area contributed by atoms with Crippen molar-refractivity contribution in [2.75, 3.05) is 0 Å². The Bertz CT molecular complexity index is 7.51. The molecule has 0 aliphatic carbocycles. The Labute approximate surface area is 59.3 Å². The monoisotopic (exact) mass is 190 g/mol. The first-order valence-corrected chi connectivity index (χ1v) is 0. The van der Waals surface area contributed by atoms with Gasteiger partial charge in [-0.25, -0.2) is 0 Å². The molecule has 0 amide bonds. The van der Waals surface area contributed by atoms with E-state index in [1.54, 1.807) is 0 Å². The van der Waals surface area contributed by atoms with Gasteiger partial charge in [0, 0.05) is 37.2 Å². The van der Waals surface area contributed by atoms with Gasteiger partial charge in [0.15, 0.2) is 0 Å². The summed E-state index contributed by atoms with van der Waals surface area (Å²) in [6.45, 7) is 0. The van der Waals surface area contributed by atoms with Gasteiger partial charge >= 0.3 is 0 Å². The van der Waals surface area contributed by atoms with E-state index in [0.29, 0.717) is 0 Å². The summed E-state index contributed by atoms with van der Waals surface area (Å²) in [4.78, 5) is 0. The number of hydrogen-bond donors (Lipinski definition) is 0. The van der Waals surface area contributed by atoms with Crippen LogP contribution in [0.3, 0.4) is 0 Å². The maximum atomic E-state index is 0. The molecule has 6 heteroatoms. The van der Waals surface area contributed by atoms with Gasteiger partial charge in [0.25, 0.3) is 0 Å². The largest absolute Gasteiger partial charge is 0.412 e. The second-order valence-corrected chi connectivity index (χ2v) is 0. The third-order valence-corrected chi connectivity index (χ3v) is 0. The molecule has 0 aromatic heterocycles. The minimum Gasteiger partial charge on any atom is -0.412 e. The van der Waals surface area contributed by atoms with E-state index >= 15 is 0 Å². The van der Waals surface area contributed by atoms with Crippen LogP contribution in [0.15, 0.2) is 0 Å². The first-order valence-electron chi connectivity index (χ1n) is 0. The van der Waals surface area contributed by atoms with Crippen molar-refractivity contribution >= 4 is 11.0 Å². The van der Waals surface area contributed by atoms with Crippen LogP contribution in [-0.2, 0) is 26.2 Å². The molecule has 6 heavy (non-hydrogen) atoms. The summed E-state index contributed by atoms with van der Waals surface area (Å²) in [5.74, 6) is 0. The van der Waals surface area contributed by atoms with Crippen molar-refractivity contribution in [3.63, 3.8) is 0 Å². The third-order valence-electron chi connectivity index (χ3n) is 0. The van der Waals surface area contributed by atoms with Crippen molar-refractivity contribution in [2.24, 2.45) is 0 Å². The average molecular weight is 191 g/mol. The Hall–Kier alpha value is 0.940. The van der Waals surface area contributed by atoms with Gasteiger partial charge in [0.05, 0.1) is 0 Å². The summed E-state index contributed by atoms with van der Waals surface area (Å²) < 4.78 is 0. The second-order valence-electron chi connectivity index (χ2n) is 0. The van der Waals surface area contributed by atoms with Gasteiger partial charge < -0.3 is 21.9 Å². The standard InChI is InChI=1S/4H2O.Si.Zr/h4*1H2;;. The second kappa shape index (κ2) is 164. The summed E-state index contributed by atoms with van der Waals surface area (Å²) in [6.07, 6.45) is 0. The van der Waals surface area contributed by atoms with E-state index < -0.39 is 0 Å². The van der Waals surface area contributed by atoms with E-state index in [4.69, 9.17) is 0 Å². The molecule has 0 spiro atoms. The normalized spacial score (nSPS) is 0. The van der Waals surface area contributed by atoms with Crippen molar-refractivity contribution in [1.82, 2.24) is 0 Å². The van der Waals surface area contributed by atoms with Crippen LogP contribution in [0.4, 0.5) is 0 Å². The summed E-state index contributed by atoms with van der Waals surface area (Å²) in [5.41, 5.74) is 0. The molecule has 0 fully saturated rings. The fourth-order valence-corrected chi connectivity index (χ4v) is 0. The van der Waals surface area contributed by atoms with E-state index in [-0.39, 0.29) is 59.1 Å². The molecule has 0 aromatic rings. The minimum absolute atomic E-state index is 0. The van der Waals surface area contributed by atoms with Gasteiger partial charge in [-0.2, -0.15) is 0 Å². The Morgan fingerprint density at radius 3 is 0.500 bits per heavy atom. The molecule has 0 aromatic carbocycles. The average Bonchev–Trinajstić information content (AvgIpc) is 0. The van der Waals surface area contributed by atoms with Crippen LogP contribution in [0.25, 0.3) is 0 Å². The van der Waals surface area contributed by atoms with E-state index in [2.05, 4.69) is 0 Å². The zero-order chi connectivity index (χ0) is 0. The van der Waals surface area contributed by atoms with Crippen molar-refractivity contribution in [1.29, 1.82) is 0 Å². The number of rotatable bonds is 0. The summed E-state index contributed by atoms with van der Waals surface area (Å²) in [5, 5.41) is 0. The fourth-order valence-electron chi connectivity index (χ4n) is 0. The number of hydrogen-bond acceptors (Lipinski definition) is 0. The molecule has 0 saturated heterocycles. The Morgan fingerprint density at radius 2 is 0.500 bits per heavy atom. The van der Waals surface area contributed by atoms with Gasteiger partial charge in [-0.1, -0.05) is 0 Å². The van der Waals surface area contributed by atoms with E-state index in [0.717, 1.165) is 0 Å². The Balaban J connectivity index is 0. The predicted octanol–water partition coefficient (Wildman–Crippen LogP) is -3.68. The molecule has 0 bridgehead atoms.